The molecule has 1 amide bonds. The van der Waals surface area contributed by atoms with Gasteiger partial charge in [-0.2, -0.15) is 4.36 Å². The molecule has 178 valence electrons. The molecule has 4 aromatic rings. The van der Waals surface area contributed by atoms with Crippen LogP contribution in [0.25, 0.3) is 0 Å². The number of carbonyl (C=O) groups excluding carboxylic acids is 2. The molecule has 3 aromatic carbocycles. The van der Waals surface area contributed by atoms with Crippen LogP contribution in [0.1, 0.15) is 43.0 Å². The standard InChI is InChI=1S/C30H24N2O3S/c1-22-8-6-7-11-28(22)29(33)19-24-15-12-23(13-16-24)14-17-25-18-26(21-31-20-25)30(34)32-36(2,35)27-9-4-3-5-10-27/h3-13,15-16,18,20-21H,19H2,1-2H3/t36-/m0/s1. The van der Waals surface area contributed by atoms with Crippen molar-refractivity contribution in [1.82, 2.24) is 4.98 Å². The van der Waals surface area contributed by atoms with Gasteiger partial charge in [-0.1, -0.05) is 66.4 Å². The molecule has 0 aliphatic heterocycles. The van der Waals surface area contributed by atoms with E-state index in [0.717, 1.165) is 22.3 Å². The van der Waals surface area contributed by atoms with Gasteiger partial charge in [-0.05, 0) is 48.4 Å². The third-order valence-electron chi connectivity index (χ3n) is 5.54. The topological polar surface area (TPSA) is 76.5 Å². The number of aromatic nitrogens is 1. The molecule has 0 N–H and O–H groups in total. The minimum Gasteiger partial charge on any atom is -0.294 e. The Hall–Kier alpha value is -4.34. The predicted octanol–water partition coefficient (Wildman–Crippen LogP) is 5.51. The molecule has 4 rings (SSSR count). The first-order chi connectivity index (χ1) is 17.3. The second-order valence-corrected chi connectivity index (χ2v) is 10.6. The Bertz CT molecular complexity index is 1610. The number of hydrogen-bond acceptors (Lipinski definition) is 4. The van der Waals surface area contributed by atoms with E-state index in [1.54, 1.807) is 36.5 Å². The number of pyridine rings is 1. The van der Waals surface area contributed by atoms with Crippen molar-refractivity contribution in [3.8, 4) is 11.8 Å². The number of hydrogen-bond donors (Lipinski definition) is 0. The highest BCUT2D eigenvalue weighted by molar-refractivity contribution is 7.93. The minimum absolute atomic E-state index is 0.0770. The summed E-state index contributed by atoms with van der Waals surface area (Å²) in [5.74, 6) is 5.52. The van der Waals surface area contributed by atoms with Crippen LogP contribution in [-0.4, -0.2) is 27.1 Å². The Labute approximate surface area is 211 Å². The highest BCUT2D eigenvalue weighted by Gasteiger charge is 2.12. The van der Waals surface area contributed by atoms with Crippen molar-refractivity contribution in [2.75, 3.05) is 6.26 Å². The molecule has 6 heteroatoms. The van der Waals surface area contributed by atoms with E-state index in [0.29, 0.717) is 16.9 Å². The van der Waals surface area contributed by atoms with Crippen LogP contribution in [0.15, 0.2) is 107 Å². The fraction of sp³-hybridized carbons (Fsp3) is 0.100. The summed E-state index contributed by atoms with van der Waals surface area (Å²) in [6.45, 7) is 1.93. The number of benzene rings is 3. The summed E-state index contributed by atoms with van der Waals surface area (Å²) in [6, 6.07) is 25.3. The highest BCUT2D eigenvalue weighted by atomic mass is 32.2. The van der Waals surface area contributed by atoms with Crippen LogP contribution in [0.4, 0.5) is 0 Å². The maximum absolute atomic E-state index is 12.9. The maximum atomic E-state index is 12.9. The van der Waals surface area contributed by atoms with Gasteiger partial charge in [0.2, 0.25) is 0 Å². The summed E-state index contributed by atoms with van der Waals surface area (Å²) in [7, 11) is -2.87. The molecule has 1 atom stereocenters. The Morgan fingerprint density at radius 3 is 2.25 bits per heavy atom. The zero-order valence-electron chi connectivity index (χ0n) is 20.0. The maximum Gasteiger partial charge on any atom is 0.286 e. The van der Waals surface area contributed by atoms with Gasteiger partial charge in [0.1, 0.15) is 0 Å². The molecule has 1 aromatic heterocycles. The molecule has 0 radical (unpaired) electrons. The Morgan fingerprint density at radius 2 is 1.53 bits per heavy atom. The quantitative estimate of drug-likeness (QED) is 0.272. The fourth-order valence-electron chi connectivity index (χ4n) is 3.58. The number of nitrogens with zero attached hydrogens (tertiary/aromatic N) is 2. The van der Waals surface area contributed by atoms with Gasteiger partial charge in [0.15, 0.2) is 5.78 Å². The molecule has 0 unspecified atom stereocenters. The van der Waals surface area contributed by atoms with Gasteiger partial charge >= 0.3 is 0 Å². The minimum atomic E-state index is -2.87. The summed E-state index contributed by atoms with van der Waals surface area (Å²) >= 11 is 0. The molecule has 0 saturated heterocycles. The van der Waals surface area contributed by atoms with Crippen molar-refractivity contribution in [3.05, 3.63) is 131 Å². The fourth-order valence-corrected chi connectivity index (χ4v) is 4.77. The lowest BCUT2D eigenvalue weighted by atomic mass is 9.99. The molecule has 5 nitrogen and oxygen atoms in total. The highest BCUT2D eigenvalue weighted by Crippen LogP contribution is 2.14. The van der Waals surface area contributed by atoms with Crippen molar-refractivity contribution in [2.24, 2.45) is 4.36 Å². The lowest BCUT2D eigenvalue weighted by molar-refractivity contribution is 0.0988. The zero-order valence-corrected chi connectivity index (χ0v) is 20.8. The number of rotatable bonds is 5. The van der Waals surface area contributed by atoms with Crippen molar-refractivity contribution in [1.29, 1.82) is 0 Å². The van der Waals surface area contributed by atoms with Gasteiger partial charge in [-0.25, -0.2) is 4.21 Å². The molecule has 1 heterocycles. The first-order valence-electron chi connectivity index (χ1n) is 11.3. The molecular formula is C30H24N2O3S. The van der Waals surface area contributed by atoms with Crippen LogP contribution in [0, 0.1) is 18.8 Å². The average Bonchev–Trinajstić information content (AvgIpc) is 2.89. The first kappa shape index (κ1) is 24.8. The van der Waals surface area contributed by atoms with E-state index in [2.05, 4.69) is 21.2 Å². The van der Waals surface area contributed by atoms with Crippen LogP contribution in [-0.2, 0) is 16.1 Å². The molecule has 0 bridgehead atoms. The Balaban J connectivity index is 1.47. The summed E-state index contributed by atoms with van der Waals surface area (Å²) in [5, 5.41) is 0. The van der Waals surface area contributed by atoms with Crippen molar-refractivity contribution in [2.45, 2.75) is 18.2 Å². The van der Waals surface area contributed by atoms with Crippen LogP contribution in [0.5, 0.6) is 0 Å². The van der Waals surface area contributed by atoms with Crippen LogP contribution < -0.4 is 0 Å². The van der Waals surface area contributed by atoms with Crippen LogP contribution in [0.3, 0.4) is 0 Å². The molecule has 0 aliphatic carbocycles. The summed E-state index contributed by atoms with van der Waals surface area (Å²) in [5.41, 5.74) is 4.14. The number of aryl methyl sites for hydroxylation is 1. The summed E-state index contributed by atoms with van der Waals surface area (Å²) in [6.07, 6.45) is 4.70. The Kier molecular flexibility index (Phi) is 7.53. The third kappa shape index (κ3) is 6.21. The molecule has 0 aliphatic rings. The van der Waals surface area contributed by atoms with E-state index in [4.69, 9.17) is 0 Å². The SMILES string of the molecule is Cc1ccccc1C(=O)Cc1ccc(C#Cc2cncc(C(=O)N=[S@@](C)(=O)c3ccccc3)c2)cc1. The summed E-state index contributed by atoms with van der Waals surface area (Å²) < 4.78 is 16.8. The van der Waals surface area contributed by atoms with Gasteiger partial charge in [0.05, 0.1) is 15.3 Å². The second-order valence-electron chi connectivity index (χ2n) is 8.34. The van der Waals surface area contributed by atoms with Gasteiger partial charge in [-0.15, -0.1) is 0 Å². The lowest BCUT2D eigenvalue weighted by Crippen LogP contribution is -2.05. The smallest absolute Gasteiger partial charge is 0.286 e. The monoisotopic (exact) mass is 492 g/mol. The number of ketones is 1. The second kappa shape index (κ2) is 10.9. The Morgan fingerprint density at radius 1 is 0.861 bits per heavy atom. The van der Waals surface area contributed by atoms with Crippen LogP contribution >= 0.6 is 0 Å². The normalized spacial score (nSPS) is 12.1. The molecule has 0 saturated carbocycles. The van der Waals surface area contributed by atoms with E-state index in [-0.39, 0.29) is 11.3 Å². The largest absolute Gasteiger partial charge is 0.294 e. The van der Waals surface area contributed by atoms with Gasteiger partial charge in [-0.3, -0.25) is 14.6 Å². The van der Waals surface area contributed by atoms with E-state index in [9.17, 15) is 13.8 Å². The summed E-state index contributed by atoms with van der Waals surface area (Å²) in [4.78, 5) is 29.8. The molecule has 0 spiro atoms. The van der Waals surface area contributed by atoms with E-state index in [1.807, 2.05) is 61.5 Å². The van der Waals surface area contributed by atoms with Crippen LogP contribution in [0.2, 0.25) is 0 Å². The molecule has 36 heavy (non-hydrogen) atoms. The predicted molar refractivity (Wildman–Crippen MR) is 141 cm³/mol. The van der Waals surface area contributed by atoms with E-state index < -0.39 is 15.6 Å². The van der Waals surface area contributed by atoms with Crippen molar-refractivity contribution >= 4 is 21.4 Å². The van der Waals surface area contributed by atoms with E-state index in [1.165, 1.54) is 12.5 Å². The number of carbonyl (C=O) groups is 2. The lowest BCUT2D eigenvalue weighted by Gasteiger charge is -2.05. The third-order valence-corrected chi connectivity index (χ3v) is 7.20. The average molecular weight is 493 g/mol. The van der Waals surface area contributed by atoms with Crippen molar-refractivity contribution < 1.29 is 13.8 Å². The molecule has 0 fully saturated rings. The van der Waals surface area contributed by atoms with Gasteiger partial charge < -0.3 is 0 Å². The van der Waals surface area contributed by atoms with Crippen molar-refractivity contribution in [3.63, 3.8) is 0 Å². The first-order valence-corrected chi connectivity index (χ1v) is 13.2. The van der Waals surface area contributed by atoms with Gasteiger partial charge in [0.25, 0.3) is 5.91 Å². The number of amides is 1. The molecular weight excluding hydrogens is 468 g/mol. The van der Waals surface area contributed by atoms with E-state index >= 15 is 0 Å². The van der Waals surface area contributed by atoms with Gasteiger partial charge in [0, 0.05) is 46.7 Å². The number of Topliss-reactive ketones (excluding diaryl/α,β-unsaturated/α-hetero) is 1. The zero-order chi connectivity index (χ0) is 25.5.